The molecular formula is C8H11F2N. The first-order chi connectivity index (χ1) is 5.11. The summed E-state index contributed by atoms with van der Waals surface area (Å²) >= 11 is 0. The zero-order valence-corrected chi connectivity index (χ0v) is 6.64. The first-order valence-corrected chi connectivity index (χ1v) is 3.51. The molecule has 1 nitrogen and oxygen atoms in total. The highest BCUT2D eigenvalue weighted by atomic mass is 19.3. The van der Waals surface area contributed by atoms with Gasteiger partial charge in [-0.2, -0.15) is 0 Å². The van der Waals surface area contributed by atoms with Crippen molar-refractivity contribution >= 4 is 0 Å². The highest BCUT2D eigenvalue weighted by Gasteiger charge is 2.06. The Balaban J connectivity index is 2.79. The van der Waals surface area contributed by atoms with Gasteiger partial charge in [0.1, 0.15) is 0 Å². The fourth-order valence-electron chi connectivity index (χ4n) is 1.01. The lowest BCUT2D eigenvalue weighted by atomic mass is 10.3. The van der Waals surface area contributed by atoms with Crippen LogP contribution in [0.25, 0.3) is 0 Å². The average Bonchev–Trinajstić information content (AvgIpc) is 2.18. The average molecular weight is 159 g/mol. The van der Waals surface area contributed by atoms with Gasteiger partial charge in [0.25, 0.3) is 6.43 Å². The summed E-state index contributed by atoms with van der Waals surface area (Å²) in [4.78, 5) is 0. The van der Waals surface area contributed by atoms with Gasteiger partial charge < -0.3 is 4.57 Å². The molecular weight excluding hydrogens is 148 g/mol. The summed E-state index contributed by atoms with van der Waals surface area (Å²) in [5, 5.41) is 0. The molecule has 0 fully saturated rings. The van der Waals surface area contributed by atoms with E-state index in [0.717, 1.165) is 11.3 Å². The van der Waals surface area contributed by atoms with Gasteiger partial charge in [-0.15, -0.1) is 0 Å². The summed E-state index contributed by atoms with van der Waals surface area (Å²) in [6, 6.07) is 1.84. The predicted molar refractivity (Wildman–Crippen MR) is 39.9 cm³/mol. The molecule has 0 N–H and O–H groups in total. The smallest absolute Gasteiger partial charge is 0.256 e. The zero-order valence-electron chi connectivity index (χ0n) is 6.64. The quantitative estimate of drug-likeness (QED) is 0.624. The van der Waals surface area contributed by atoms with Crippen molar-refractivity contribution in [2.24, 2.45) is 0 Å². The number of aromatic nitrogens is 1. The Morgan fingerprint density at radius 3 is 2.45 bits per heavy atom. The second-order valence-electron chi connectivity index (χ2n) is 2.63. The molecule has 0 radical (unpaired) electrons. The van der Waals surface area contributed by atoms with E-state index in [1.165, 1.54) is 0 Å². The summed E-state index contributed by atoms with van der Waals surface area (Å²) in [5.41, 5.74) is 1.98. The van der Waals surface area contributed by atoms with Crippen molar-refractivity contribution in [3.8, 4) is 0 Å². The minimum Gasteiger partial charge on any atom is -0.346 e. The zero-order chi connectivity index (χ0) is 8.43. The van der Waals surface area contributed by atoms with Crippen LogP contribution in [0.5, 0.6) is 0 Å². The van der Waals surface area contributed by atoms with Gasteiger partial charge in [-0.1, -0.05) is 0 Å². The number of alkyl halides is 2. The minimum atomic E-state index is -2.26. The van der Waals surface area contributed by atoms with E-state index in [0.29, 0.717) is 0 Å². The molecule has 3 heteroatoms. The Morgan fingerprint density at radius 2 is 2.09 bits per heavy atom. The van der Waals surface area contributed by atoms with E-state index in [2.05, 4.69) is 0 Å². The molecule has 0 spiro atoms. The van der Waals surface area contributed by atoms with E-state index in [1.54, 1.807) is 10.8 Å². The Labute approximate surface area is 64.6 Å². The van der Waals surface area contributed by atoms with Gasteiger partial charge in [-0.05, 0) is 25.5 Å². The Bertz CT molecular complexity index is 240. The van der Waals surface area contributed by atoms with Crippen LogP contribution in [-0.4, -0.2) is 11.0 Å². The molecule has 0 aliphatic rings. The Hall–Kier alpha value is -0.860. The number of aryl methyl sites for hydroxylation is 1. The Kier molecular flexibility index (Phi) is 2.27. The molecule has 1 aromatic rings. The summed E-state index contributed by atoms with van der Waals surface area (Å²) in [6.07, 6.45) is -0.572. The minimum absolute atomic E-state index is 0.195. The van der Waals surface area contributed by atoms with Crippen LogP contribution in [0.15, 0.2) is 12.3 Å². The van der Waals surface area contributed by atoms with Crippen molar-refractivity contribution < 1.29 is 8.78 Å². The van der Waals surface area contributed by atoms with Gasteiger partial charge in [0, 0.05) is 11.9 Å². The molecule has 0 aromatic carbocycles. The highest BCUT2D eigenvalue weighted by Crippen LogP contribution is 2.09. The molecule has 0 aliphatic carbocycles. The van der Waals surface area contributed by atoms with Crippen LogP contribution in [0, 0.1) is 13.8 Å². The lowest BCUT2D eigenvalue weighted by Crippen LogP contribution is -2.06. The lowest BCUT2D eigenvalue weighted by Gasteiger charge is -2.04. The maximum atomic E-state index is 11.9. The summed E-state index contributed by atoms with van der Waals surface area (Å²) in [7, 11) is 0. The topological polar surface area (TPSA) is 4.93 Å². The van der Waals surface area contributed by atoms with Crippen molar-refractivity contribution in [1.29, 1.82) is 0 Å². The second-order valence-corrected chi connectivity index (χ2v) is 2.63. The molecule has 1 rings (SSSR count). The predicted octanol–water partition coefficient (Wildman–Crippen LogP) is 2.37. The monoisotopic (exact) mass is 159 g/mol. The summed E-state index contributed by atoms with van der Waals surface area (Å²) in [5.74, 6) is 0. The van der Waals surface area contributed by atoms with Crippen LogP contribution in [-0.2, 0) is 6.54 Å². The van der Waals surface area contributed by atoms with E-state index >= 15 is 0 Å². The fourth-order valence-corrected chi connectivity index (χ4v) is 1.01. The van der Waals surface area contributed by atoms with Crippen LogP contribution in [0.4, 0.5) is 8.78 Å². The number of nitrogens with zero attached hydrogens (tertiary/aromatic N) is 1. The van der Waals surface area contributed by atoms with Crippen LogP contribution >= 0.6 is 0 Å². The SMILES string of the molecule is Cc1ccn(CC(F)F)c1C. The molecule has 1 heterocycles. The van der Waals surface area contributed by atoms with Crippen molar-refractivity contribution in [1.82, 2.24) is 4.57 Å². The number of hydrogen-bond donors (Lipinski definition) is 0. The van der Waals surface area contributed by atoms with E-state index in [4.69, 9.17) is 0 Å². The van der Waals surface area contributed by atoms with Gasteiger partial charge in [0.15, 0.2) is 0 Å². The van der Waals surface area contributed by atoms with E-state index < -0.39 is 6.43 Å². The van der Waals surface area contributed by atoms with Gasteiger partial charge in [-0.3, -0.25) is 0 Å². The molecule has 0 amide bonds. The molecule has 0 aliphatic heterocycles. The lowest BCUT2D eigenvalue weighted by molar-refractivity contribution is 0.126. The first-order valence-electron chi connectivity index (χ1n) is 3.51. The molecule has 62 valence electrons. The molecule has 0 bridgehead atoms. The highest BCUT2D eigenvalue weighted by molar-refractivity contribution is 5.18. The van der Waals surface area contributed by atoms with Crippen LogP contribution in [0.1, 0.15) is 11.3 Å². The molecule has 0 saturated carbocycles. The van der Waals surface area contributed by atoms with Crippen LogP contribution in [0.2, 0.25) is 0 Å². The van der Waals surface area contributed by atoms with E-state index in [-0.39, 0.29) is 6.54 Å². The van der Waals surface area contributed by atoms with E-state index in [9.17, 15) is 8.78 Å². The normalized spacial score (nSPS) is 11.0. The van der Waals surface area contributed by atoms with Gasteiger partial charge in [0.2, 0.25) is 0 Å². The third-order valence-electron chi connectivity index (χ3n) is 1.84. The van der Waals surface area contributed by atoms with Crippen molar-refractivity contribution in [2.75, 3.05) is 0 Å². The van der Waals surface area contributed by atoms with Crippen LogP contribution in [0.3, 0.4) is 0 Å². The summed E-state index contributed by atoms with van der Waals surface area (Å²) in [6.45, 7) is 3.56. The maximum Gasteiger partial charge on any atom is 0.256 e. The number of hydrogen-bond acceptors (Lipinski definition) is 0. The molecule has 1 aromatic heterocycles. The fraction of sp³-hybridized carbons (Fsp3) is 0.500. The number of halogens is 2. The van der Waals surface area contributed by atoms with Gasteiger partial charge >= 0.3 is 0 Å². The molecule has 11 heavy (non-hydrogen) atoms. The molecule has 0 saturated heterocycles. The van der Waals surface area contributed by atoms with Crippen LogP contribution < -0.4 is 0 Å². The van der Waals surface area contributed by atoms with E-state index in [1.807, 2.05) is 19.9 Å². The third kappa shape index (κ3) is 1.79. The summed E-state index contributed by atoms with van der Waals surface area (Å²) < 4.78 is 25.3. The van der Waals surface area contributed by atoms with Crippen molar-refractivity contribution in [3.63, 3.8) is 0 Å². The second kappa shape index (κ2) is 3.03. The van der Waals surface area contributed by atoms with Crippen molar-refractivity contribution in [2.45, 2.75) is 26.8 Å². The van der Waals surface area contributed by atoms with Gasteiger partial charge in [0.05, 0.1) is 6.54 Å². The van der Waals surface area contributed by atoms with Crippen molar-refractivity contribution in [3.05, 3.63) is 23.5 Å². The third-order valence-corrected chi connectivity index (χ3v) is 1.84. The molecule has 0 unspecified atom stereocenters. The van der Waals surface area contributed by atoms with Gasteiger partial charge in [-0.25, -0.2) is 8.78 Å². The number of rotatable bonds is 2. The maximum absolute atomic E-state index is 11.9. The first kappa shape index (κ1) is 8.24. The largest absolute Gasteiger partial charge is 0.346 e. The molecule has 0 atom stereocenters. The standard InChI is InChI=1S/C8H11F2N/c1-6-3-4-11(7(6)2)5-8(9)10/h3-4,8H,5H2,1-2H3. The Morgan fingerprint density at radius 1 is 1.45 bits per heavy atom.